The van der Waals surface area contributed by atoms with Crippen LogP contribution in [0.3, 0.4) is 0 Å². The van der Waals surface area contributed by atoms with E-state index in [-0.39, 0.29) is 0 Å². The molecule has 4 aromatic rings. The van der Waals surface area contributed by atoms with Crippen LogP contribution in [0, 0.1) is 5.82 Å². The molecule has 0 aliphatic carbocycles. The highest BCUT2D eigenvalue weighted by molar-refractivity contribution is 5.80. The molecule has 0 saturated heterocycles. The quantitative estimate of drug-likeness (QED) is 0.498. The van der Waals surface area contributed by atoms with Crippen molar-refractivity contribution in [3.63, 3.8) is 0 Å². The lowest BCUT2D eigenvalue weighted by Crippen LogP contribution is -2.07. The SMILES string of the molecule is O=Cc1cnc2ccc(-c3c(-c4ccc(F)cc4)ncn3CC(F)F)cn12. The number of fused-ring (bicyclic) bond motifs is 1. The molecule has 0 radical (unpaired) electrons. The summed E-state index contributed by atoms with van der Waals surface area (Å²) in [5.41, 5.74) is 2.98. The van der Waals surface area contributed by atoms with E-state index in [0.29, 0.717) is 40.1 Å². The van der Waals surface area contributed by atoms with Crippen LogP contribution in [0.5, 0.6) is 0 Å². The van der Waals surface area contributed by atoms with Crippen LogP contribution in [0.1, 0.15) is 10.5 Å². The molecule has 1 aromatic carbocycles. The highest BCUT2D eigenvalue weighted by Crippen LogP contribution is 2.32. The molecule has 4 rings (SSSR count). The van der Waals surface area contributed by atoms with Crippen LogP contribution in [-0.2, 0) is 6.54 Å². The molecule has 0 saturated carbocycles. The molecule has 5 nitrogen and oxygen atoms in total. The third-order valence-electron chi connectivity index (χ3n) is 4.22. The summed E-state index contributed by atoms with van der Waals surface area (Å²) in [6, 6.07) is 9.07. The van der Waals surface area contributed by atoms with E-state index >= 15 is 0 Å². The first-order valence-corrected chi connectivity index (χ1v) is 8.08. The fraction of sp³-hybridized carbons (Fsp3) is 0.105. The molecular weight excluding hydrogens is 357 g/mol. The molecule has 0 N–H and O–H groups in total. The number of aldehydes is 1. The minimum Gasteiger partial charge on any atom is -0.324 e. The van der Waals surface area contributed by atoms with Gasteiger partial charge in [-0.3, -0.25) is 9.20 Å². The summed E-state index contributed by atoms with van der Waals surface area (Å²) in [6.07, 6.45) is 2.52. The van der Waals surface area contributed by atoms with Gasteiger partial charge in [0.25, 0.3) is 6.43 Å². The number of rotatable bonds is 5. The lowest BCUT2D eigenvalue weighted by molar-refractivity contribution is 0.111. The Morgan fingerprint density at radius 1 is 1.04 bits per heavy atom. The predicted molar refractivity (Wildman–Crippen MR) is 93.2 cm³/mol. The van der Waals surface area contributed by atoms with Crippen molar-refractivity contribution in [3.05, 3.63) is 66.6 Å². The van der Waals surface area contributed by atoms with E-state index in [1.165, 1.54) is 29.2 Å². The van der Waals surface area contributed by atoms with Crippen molar-refractivity contribution < 1.29 is 18.0 Å². The lowest BCUT2D eigenvalue weighted by atomic mass is 10.1. The van der Waals surface area contributed by atoms with Crippen molar-refractivity contribution in [2.45, 2.75) is 13.0 Å². The maximum absolute atomic E-state index is 13.3. The van der Waals surface area contributed by atoms with Crippen LogP contribution in [0.2, 0.25) is 0 Å². The van der Waals surface area contributed by atoms with E-state index in [0.717, 1.165) is 0 Å². The zero-order chi connectivity index (χ0) is 19.0. The number of aromatic nitrogens is 4. The van der Waals surface area contributed by atoms with Gasteiger partial charge in [-0.15, -0.1) is 0 Å². The minimum atomic E-state index is -2.57. The van der Waals surface area contributed by atoms with Crippen molar-refractivity contribution in [1.29, 1.82) is 0 Å². The molecule has 0 atom stereocenters. The van der Waals surface area contributed by atoms with E-state index in [1.807, 2.05) is 0 Å². The van der Waals surface area contributed by atoms with Crippen LogP contribution >= 0.6 is 0 Å². The maximum atomic E-state index is 13.3. The number of halogens is 3. The van der Waals surface area contributed by atoms with Crippen LogP contribution in [-0.4, -0.2) is 31.6 Å². The Balaban J connectivity index is 1.92. The van der Waals surface area contributed by atoms with Crippen molar-refractivity contribution in [3.8, 4) is 22.5 Å². The predicted octanol–water partition coefficient (Wildman–Crippen LogP) is 4.08. The fourth-order valence-electron chi connectivity index (χ4n) is 3.02. The minimum absolute atomic E-state index is 0.343. The van der Waals surface area contributed by atoms with Gasteiger partial charge in [0.05, 0.1) is 30.5 Å². The Morgan fingerprint density at radius 3 is 2.48 bits per heavy atom. The number of hydrogen-bond acceptors (Lipinski definition) is 3. The molecule has 3 aromatic heterocycles. The topological polar surface area (TPSA) is 52.2 Å². The van der Waals surface area contributed by atoms with Gasteiger partial charge in [-0.1, -0.05) is 0 Å². The van der Waals surface area contributed by atoms with Gasteiger partial charge in [-0.2, -0.15) is 0 Å². The second kappa shape index (κ2) is 6.71. The van der Waals surface area contributed by atoms with E-state index in [4.69, 9.17) is 0 Å². The molecule has 0 aliphatic heterocycles. The van der Waals surface area contributed by atoms with Gasteiger partial charge in [-0.05, 0) is 36.4 Å². The molecule has 0 bridgehead atoms. The van der Waals surface area contributed by atoms with Crippen LogP contribution < -0.4 is 0 Å². The normalized spacial score (nSPS) is 11.4. The summed E-state index contributed by atoms with van der Waals surface area (Å²) < 4.78 is 42.3. The van der Waals surface area contributed by atoms with Crippen molar-refractivity contribution in [2.75, 3.05) is 0 Å². The van der Waals surface area contributed by atoms with Gasteiger partial charge in [0.1, 0.15) is 17.2 Å². The summed E-state index contributed by atoms with van der Waals surface area (Å²) in [5, 5.41) is 0. The van der Waals surface area contributed by atoms with Crippen molar-refractivity contribution in [1.82, 2.24) is 18.9 Å². The van der Waals surface area contributed by atoms with Crippen LogP contribution in [0.4, 0.5) is 13.2 Å². The molecular formula is C19H13F3N4O. The van der Waals surface area contributed by atoms with E-state index in [2.05, 4.69) is 9.97 Å². The van der Waals surface area contributed by atoms with Gasteiger partial charge in [0.2, 0.25) is 0 Å². The van der Waals surface area contributed by atoms with E-state index in [1.54, 1.807) is 34.9 Å². The summed E-state index contributed by atoms with van der Waals surface area (Å²) in [5.74, 6) is -0.400. The first-order chi connectivity index (χ1) is 13.1. The molecule has 0 unspecified atom stereocenters. The zero-order valence-electron chi connectivity index (χ0n) is 13.9. The molecule has 136 valence electrons. The first kappa shape index (κ1) is 17.0. The molecule has 0 aliphatic rings. The molecule has 0 fully saturated rings. The Bertz CT molecular complexity index is 1120. The number of imidazole rings is 2. The number of hydrogen-bond donors (Lipinski definition) is 0. The highest BCUT2D eigenvalue weighted by atomic mass is 19.3. The first-order valence-electron chi connectivity index (χ1n) is 8.08. The maximum Gasteiger partial charge on any atom is 0.256 e. The zero-order valence-corrected chi connectivity index (χ0v) is 13.9. The summed E-state index contributed by atoms with van der Waals surface area (Å²) >= 11 is 0. The smallest absolute Gasteiger partial charge is 0.256 e. The van der Waals surface area contributed by atoms with Gasteiger partial charge in [0.15, 0.2) is 6.29 Å². The third kappa shape index (κ3) is 3.10. The molecule has 3 heterocycles. The average molecular weight is 370 g/mol. The fourth-order valence-corrected chi connectivity index (χ4v) is 3.02. The number of carbonyl (C=O) groups is 1. The highest BCUT2D eigenvalue weighted by Gasteiger charge is 2.18. The summed E-state index contributed by atoms with van der Waals surface area (Å²) in [4.78, 5) is 19.6. The lowest BCUT2D eigenvalue weighted by Gasteiger charge is -2.11. The van der Waals surface area contributed by atoms with Crippen LogP contribution in [0.25, 0.3) is 28.2 Å². The number of benzene rings is 1. The van der Waals surface area contributed by atoms with Gasteiger partial charge >= 0.3 is 0 Å². The standard InChI is InChI=1S/C19H13F3N4O/c20-14-4-1-12(2-5-14)18-19(25(11-24-18)9-16(21)22)13-3-6-17-23-7-15(10-27)26(17)8-13/h1-8,10-11,16H,9H2. The molecule has 8 heteroatoms. The van der Waals surface area contributed by atoms with Gasteiger partial charge in [-0.25, -0.2) is 23.1 Å². The Kier molecular flexibility index (Phi) is 4.23. The Morgan fingerprint density at radius 2 is 1.78 bits per heavy atom. The van der Waals surface area contributed by atoms with Crippen LogP contribution in [0.15, 0.2) is 55.1 Å². The summed E-state index contributed by atoms with van der Waals surface area (Å²) in [7, 11) is 0. The Hall–Kier alpha value is -3.42. The molecule has 0 amide bonds. The van der Waals surface area contributed by atoms with Gasteiger partial charge < -0.3 is 4.57 Å². The third-order valence-corrected chi connectivity index (χ3v) is 4.22. The van der Waals surface area contributed by atoms with Gasteiger partial charge in [0, 0.05) is 17.3 Å². The average Bonchev–Trinajstić information content (AvgIpc) is 3.25. The largest absolute Gasteiger partial charge is 0.324 e. The van der Waals surface area contributed by atoms with E-state index in [9.17, 15) is 18.0 Å². The number of pyridine rings is 1. The number of alkyl halides is 2. The number of carbonyl (C=O) groups excluding carboxylic acids is 1. The van der Waals surface area contributed by atoms with Crippen molar-refractivity contribution in [2.24, 2.45) is 0 Å². The second-order valence-corrected chi connectivity index (χ2v) is 5.94. The summed E-state index contributed by atoms with van der Waals surface area (Å²) in [6.45, 7) is -0.536. The molecule has 27 heavy (non-hydrogen) atoms. The Labute approximate surface area is 151 Å². The van der Waals surface area contributed by atoms with Crippen molar-refractivity contribution >= 4 is 11.9 Å². The van der Waals surface area contributed by atoms with E-state index < -0.39 is 18.8 Å². The monoisotopic (exact) mass is 370 g/mol. The molecule has 0 spiro atoms. The second-order valence-electron chi connectivity index (χ2n) is 5.94. The number of nitrogens with zero attached hydrogens (tertiary/aromatic N) is 4.